The van der Waals surface area contributed by atoms with Crippen LogP contribution >= 0.6 is 0 Å². The fraction of sp³-hybridized carbons (Fsp3) is 0.750. The quantitative estimate of drug-likeness (QED) is 0.435. The Hall–Kier alpha value is -0.800. The molecule has 0 spiro atoms. The highest BCUT2D eigenvalue weighted by atomic mass is 19.4. The van der Waals surface area contributed by atoms with Crippen LogP contribution in [0.3, 0.4) is 0 Å². The predicted molar refractivity (Wildman–Crippen MR) is 71.8 cm³/mol. The highest BCUT2D eigenvalue weighted by Gasteiger charge is 2.35. The molecule has 0 amide bonds. The molecule has 1 atom stereocenters. The molecule has 0 bridgehead atoms. The highest BCUT2D eigenvalue weighted by Crippen LogP contribution is 2.39. The van der Waals surface area contributed by atoms with Gasteiger partial charge in [-0.1, -0.05) is 18.6 Å². The van der Waals surface area contributed by atoms with Crippen LogP contribution in [0.1, 0.15) is 51.9 Å². The summed E-state index contributed by atoms with van der Waals surface area (Å²) >= 11 is 0. The first-order valence-electron chi connectivity index (χ1n) is 7.49. The van der Waals surface area contributed by atoms with Crippen molar-refractivity contribution in [1.82, 2.24) is 0 Å². The first-order chi connectivity index (χ1) is 9.36. The molecule has 1 saturated carbocycles. The van der Waals surface area contributed by atoms with Crippen molar-refractivity contribution in [3.63, 3.8) is 0 Å². The molecule has 0 nitrogen and oxygen atoms in total. The van der Waals surface area contributed by atoms with Gasteiger partial charge in [-0.05, 0) is 68.8 Å². The molecule has 0 N–H and O–H groups in total. The fourth-order valence-electron chi connectivity index (χ4n) is 3.31. The first-order valence-corrected chi connectivity index (χ1v) is 7.49. The van der Waals surface area contributed by atoms with Crippen molar-refractivity contribution in [1.29, 1.82) is 0 Å². The number of hydrogen-bond acceptors (Lipinski definition) is 0. The van der Waals surface area contributed by atoms with Gasteiger partial charge in [0.25, 0.3) is 0 Å². The van der Waals surface area contributed by atoms with Gasteiger partial charge in [-0.2, -0.15) is 13.2 Å². The molecule has 0 heterocycles. The van der Waals surface area contributed by atoms with Crippen LogP contribution in [-0.4, -0.2) is 6.18 Å². The first kappa shape index (κ1) is 15.6. The van der Waals surface area contributed by atoms with E-state index < -0.39 is 12.0 Å². The molecular weight excluding hydrogens is 268 g/mol. The van der Waals surface area contributed by atoms with Gasteiger partial charge in [0.05, 0.1) is 0 Å². The zero-order valence-electron chi connectivity index (χ0n) is 11.8. The number of rotatable bonds is 2. The third-order valence-corrected chi connectivity index (χ3v) is 4.66. The van der Waals surface area contributed by atoms with Gasteiger partial charge in [-0.25, -0.2) is 4.39 Å². The molecule has 4 heteroatoms. The van der Waals surface area contributed by atoms with Crippen LogP contribution in [0.25, 0.3) is 0 Å². The summed E-state index contributed by atoms with van der Waals surface area (Å²) < 4.78 is 49.4. The number of hydrogen-bond donors (Lipinski definition) is 0. The SMILES string of the molecule is CC1CC=C(C2CCC(C=C(F)C(F)(F)F)CC2)CC1. The largest absolute Gasteiger partial charge is 0.442 e. The van der Waals surface area contributed by atoms with E-state index in [1.54, 1.807) is 0 Å². The standard InChI is InChI=1S/C16H22F4/c1-11-2-6-13(7-3-11)14-8-4-12(5-9-14)10-15(17)16(18,19)20/h6,10-12,14H,2-5,7-9H2,1H3. The number of alkyl halides is 3. The molecular formula is C16H22F4. The molecule has 0 aliphatic heterocycles. The smallest absolute Gasteiger partial charge is 0.202 e. The Morgan fingerprint density at radius 2 is 1.80 bits per heavy atom. The van der Waals surface area contributed by atoms with E-state index in [-0.39, 0.29) is 5.92 Å². The van der Waals surface area contributed by atoms with E-state index in [9.17, 15) is 17.6 Å². The number of halogens is 4. The van der Waals surface area contributed by atoms with E-state index in [1.165, 1.54) is 12.0 Å². The van der Waals surface area contributed by atoms with Gasteiger partial charge >= 0.3 is 6.18 Å². The van der Waals surface area contributed by atoms with Crippen molar-refractivity contribution in [3.8, 4) is 0 Å². The Balaban J connectivity index is 1.87. The molecule has 20 heavy (non-hydrogen) atoms. The molecule has 0 aromatic rings. The Morgan fingerprint density at radius 3 is 2.30 bits per heavy atom. The lowest BCUT2D eigenvalue weighted by atomic mass is 9.74. The summed E-state index contributed by atoms with van der Waals surface area (Å²) in [5.41, 5.74) is 1.49. The number of allylic oxidation sites excluding steroid dienone is 4. The summed E-state index contributed by atoms with van der Waals surface area (Å²) in [5.74, 6) is -0.914. The average Bonchev–Trinajstić information content (AvgIpc) is 2.39. The maximum Gasteiger partial charge on any atom is 0.442 e. The Bertz CT molecular complexity index is 384. The Labute approximate surface area is 117 Å². The van der Waals surface area contributed by atoms with Gasteiger partial charge in [-0.3, -0.25) is 0 Å². The van der Waals surface area contributed by atoms with Crippen LogP contribution in [0.4, 0.5) is 17.6 Å². The van der Waals surface area contributed by atoms with Crippen LogP contribution in [0.15, 0.2) is 23.6 Å². The van der Waals surface area contributed by atoms with Crippen molar-refractivity contribution in [2.24, 2.45) is 17.8 Å². The molecule has 2 rings (SSSR count). The molecule has 114 valence electrons. The summed E-state index contributed by atoms with van der Waals surface area (Å²) in [6, 6.07) is 0. The molecule has 0 radical (unpaired) electrons. The van der Waals surface area contributed by atoms with Crippen molar-refractivity contribution in [3.05, 3.63) is 23.6 Å². The van der Waals surface area contributed by atoms with Gasteiger partial charge in [0.15, 0.2) is 5.83 Å². The monoisotopic (exact) mass is 290 g/mol. The minimum absolute atomic E-state index is 0.254. The van der Waals surface area contributed by atoms with Crippen molar-refractivity contribution >= 4 is 0 Å². The molecule has 2 aliphatic rings. The molecule has 1 fully saturated rings. The maximum absolute atomic E-state index is 12.9. The van der Waals surface area contributed by atoms with Gasteiger partial charge in [0.1, 0.15) is 0 Å². The second-order valence-corrected chi connectivity index (χ2v) is 6.28. The van der Waals surface area contributed by atoms with Gasteiger partial charge < -0.3 is 0 Å². The lowest BCUT2D eigenvalue weighted by Gasteiger charge is -2.31. The topological polar surface area (TPSA) is 0 Å². The third-order valence-electron chi connectivity index (χ3n) is 4.66. The van der Waals surface area contributed by atoms with E-state index in [4.69, 9.17) is 0 Å². The van der Waals surface area contributed by atoms with Crippen LogP contribution in [0.5, 0.6) is 0 Å². The second-order valence-electron chi connectivity index (χ2n) is 6.28. The average molecular weight is 290 g/mol. The second kappa shape index (κ2) is 6.31. The molecule has 0 aromatic carbocycles. The van der Waals surface area contributed by atoms with Crippen LogP contribution < -0.4 is 0 Å². The Morgan fingerprint density at radius 1 is 1.15 bits per heavy atom. The van der Waals surface area contributed by atoms with E-state index in [0.717, 1.165) is 37.7 Å². The predicted octanol–water partition coefficient (Wildman–Crippen LogP) is 5.95. The highest BCUT2D eigenvalue weighted by molar-refractivity contribution is 5.12. The minimum Gasteiger partial charge on any atom is -0.202 e. The van der Waals surface area contributed by atoms with Gasteiger partial charge in [0.2, 0.25) is 0 Å². The Kier molecular flexibility index (Phi) is 4.92. The van der Waals surface area contributed by atoms with Gasteiger partial charge in [0, 0.05) is 0 Å². The van der Waals surface area contributed by atoms with Crippen LogP contribution in [0.2, 0.25) is 0 Å². The molecule has 0 aromatic heterocycles. The zero-order valence-corrected chi connectivity index (χ0v) is 11.8. The normalized spacial score (nSPS) is 33.0. The van der Waals surface area contributed by atoms with Crippen molar-refractivity contribution in [2.45, 2.75) is 58.0 Å². The minimum atomic E-state index is -4.82. The molecule has 2 aliphatic carbocycles. The molecule has 0 saturated heterocycles. The van der Waals surface area contributed by atoms with Crippen molar-refractivity contribution < 1.29 is 17.6 Å². The van der Waals surface area contributed by atoms with Gasteiger partial charge in [-0.15, -0.1) is 0 Å². The summed E-state index contributed by atoms with van der Waals surface area (Å²) in [6.07, 6.45) is 4.88. The lowest BCUT2D eigenvalue weighted by Crippen LogP contribution is -2.18. The summed E-state index contributed by atoms with van der Waals surface area (Å²) in [5, 5.41) is 0. The van der Waals surface area contributed by atoms with E-state index in [1.807, 2.05) is 0 Å². The maximum atomic E-state index is 12.9. The third kappa shape index (κ3) is 4.10. The zero-order chi connectivity index (χ0) is 14.8. The molecule has 1 unspecified atom stereocenters. The van der Waals surface area contributed by atoms with Crippen molar-refractivity contribution in [2.75, 3.05) is 0 Å². The lowest BCUT2D eigenvalue weighted by molar-refractivity contribution is -0.109. The summed E-state index contributed by atoms with van der Waals surface area (Å²) in [7, 11) is 0. The van der Waals surface area contributed by atoms with E-state index in [0.29, 0.717) is 18.8 Å². The summed E-state index contributed by atoms with van der Waals surface area (Å²) in [4.78, 5) is 0. The van der Waals surface area contributed by atoms with Crippen LogP contribution in [0, 0.1) is 17.8 Å². The van der Waals surface area contributed by atoms with E-state index in [2.05, 4.69) is 13.0 Å². The summed E-state index contributed by atoms with van der Waals surface area (Å²) in [6.45, 7) is 2.24. The fourth-order valence-corrected chi connectivity index (χ4v) is 3.31. The van der Waals surface area contributed by atoms with Crippen LogP contribution in [-0.2, 0) is 0 Å². The van der Waals surface area contributed by atoms with E-state index >= 15 is 0 Å².